The molecule has 7 heteroatoms. The zero-order chi connectivity index (χ0) is 20.1. The van der Waals surface area contributed by atoms with E-state index in [9.17, 15) is 9.59 Å². The second kappa shape index (κ2) is 9.21. The molecule has 0 aliphatic rings. The summed E-state index contributed by atoms with van der Waals surface area (Å²) in [5, 5.41) is 0. The van der Waals surface area contributed by atoms with Gasteiger partial charge in [0.15, 0.2) is 4.80 Å². The van der Waals surface area contributed by atoms with Crippen molar-refractivity contribution < 1.29 is 14.3 Å². The van der Waals surface area contributed by atoms with Gasteiger partial charge in [-0.15, -0.1) is 0 Å². The van der Waals surface area contributed by atoms with E-state index in [1.54, 1.807) is 36.0 Å². The van der Waals surface area contributed by atoms with Gasteiger partial charge in [0, 0.05) is 17.9 Å². The average Bonchev–Trinajstić information content (AvgIpc) is 3.07. The molecule has 0 radical (unpaired) electrons. The van der Waals surface area contributed by atoms with E-state index >= 15 is 0 Å². The van der Waals surface area contributed by atoms with E-state index in [0.717, 1.165) is 28.9 Å². The Morgan fingerprint density at radius 1 is 1.14 bits per heavy atom. The fourth-order valence-corrected chi connectivity index (χ4v) is 4.32. The van der Waals surface area contributed by atoms with Crippen LogP contribution in [0.4, 0.5) is 0 Å². The monoisotopic (exact) mass is 414 g/mol. The third kappa shape index (κ3) is 4.36. The zero-order valence-corrected chi connectivity index (χ0v) is 17.7. The number of aromatic nitrogens is 1. The molecule has 3 rings (SSSR count). The van der Waals surface area contributed by atoms with Crippen LogP contribution < -0.4 is 4.80 Å². The molecule has 0 N–H and O–H groups in total. The highest BCUT2D eigenvalue weighted by molar-refractivity contribution is 7.98. The maximum absolute atomic E-state index is 12.7. The van der Waals surface area contributed by atoms with Crippen molar-refractivity contribution in [2.45, 2.75) is 19.9 Å². The number of thiazole rings is 1. The number of methoxy groups -OCH3 is 1. The summed E-state index contributed by atoms with van der Waals surface area (Å²) in [6, 6.07) is 12.8. The highest BCUT2D eigenvalue weighted by Crippen LogP contribution is 2.20. The second-order valence-electron chi connectivity index (χ2n) is 6.17. The topological polar surface area (TPSA) is 60.7 Å². The summed E-state index contributed by atoms with van der Waals surface area (Å²) in [6.07, 6.45) is 3.03. The smallest absolute Gasteiger partial charge is 0.337 e. The summed E-state index contributed by atoms with van der Waals surface area (Å²) in [4.78, 5) is 29.3. The van der Waals surface area contributed by atoms with Crippen LogP contribution in [0.1, 0.15) is 33.2 Å². The van der Waals surface area contributed by atoms with E-state index in [1.165, 1.54) is 24.0 Å². The first-order valence-electron chi connectivity index (χ1n) is 8.96. The van der Waals surface area contributed by atoms with Gasteiger partial charge < -0.3 is 9.30 Å². The molecule has 1 amide bonds. The highest BCUT2D eigenvalue weighted by Gasteiger charge is 2.11. The Kier molecular flexibility index (Phi) is 6.70. The maximum Gasteiger partial charge on any atom is 0.337 e. The number of hydrogen-bond donors (Lipinski definition) is 0. The minimum atomic E-state index is -0.429. The fraction of sp³-hybridized carbons (Fsp3) is 0.286. The minimum absolute atomic E-state index is 0.323. The van der Waals surface area contributed by atoms with Gasteiger partial charge in [-0.25, -0.2) is 4.79 Å². The van der Waals surface area contributed by atoms with Gasteiger partial charge in [-0.3, -0.25) is 4.79 Å². The van der Waals surface area contributed by atoms with Crippen molar-refractivity contribution in [3.05, 3.63) is 64.0 Å². The molecule has 1 aromatic heterocycles. The number of esters is 1. The number of nitrogens with zero attached hydrogens (tertiary/aromatic N) is 2. The molecule has 146 valence electrons. The van der Waals surface area contributed by atoms with Crippen molar-refractivity contribution in [2.75, 3.05) is 19.1 Å². The molecule has 0 saturated heterocycles. The Hall–Kier alpha value is -2.38. The first-order valence-corrected chi connectivity index (χ1v) is 11.2. The van der Waals surface area contributed by atoms with Crippen molar-refractivity contribution in [2.24, 2.45) is 4.99 Å². The van der Waals surface area contributed by atoms with Crippen molar-refractivity contribution in [1.29, 1.82) is 0 Å². The number of hydrogen-bond acceptors (Lipinski definition) is 5. The van der Waals surface area contributed by atoms with Gasteiger partial charge in [0.1, 0.15) is 0 Å². The molecule has 0 aliphatic carbocycles. The molecule has 0 unspecified atom stereocenters. The number of amides is 1. The van der Waals surface area contributed by atoms with Crippen LogP contribution in [-0.2, 0) is 17.7 Å². The quantitative estimate of drug-likeness (QED) is 0.569. The van der Waals surface area contributed by atoms with Crippen LogP contribution in [0, 0.1) is 0 Å². The lowest BCUT2D eigenvalue weighted by Gasteiger charge is -2.04. The van der Waals surface area contributed by atoms with E-state index < -0.39 is 5.97 Å². The summed E-state index contributed by atoms with van der Waals surface area (Å²) < 4.78 is 7.93. The third-order valence-electron chi connectivity index (χ3n) is 4.42. The van der Waals surface area contributed by atoms with E-state index in [0.29, 0.717) is 15.9 Å². The van der Waals surface area contributed by atoms with Crippen LogP contribution in [0.3, 0.4) is 0 Å². The van der Waals surface area contributed by atoms with Crippen molar-refractivity contribution in [3.8, 4) is 0 Å². The largest absolute Gasteiger partial charge is 0.465 e. The molecule has 0 bridgehead atoms. The molecule has 1 heterocycles. The Bertz CT molecular complexity index is 1070. The molecule has 3 aromatic rings. The van der Waals surface area contributed by atoms with Gasteiger partial charge in [0.05, 0.1) is 22.9 Å². The first-order chi connectivity index (χ1) is 13.6. The number of fused-ring (bicyclic) bond motifs is 1. The fourth-order valence-electron chi connectivity index (χ4n) is 2.84. The molecule has 5 nitrogen and oxygen atoms in total. The highest BCUT2D eigenvalue weighted by atomic mass is 32.2. The average molecular weight is 415 g/mol. The normalized spacial score (nSPS) is 11.8. The summed E-state index contributed by atoms with van der Waals surface area (Å²) in [5.74, 6) is 0.190. The van der Waals surface area contributed by atoms with Crippen LogP contribution in [0.2, 0.25) is 0 Å². The summed E-state index contributed by atoms with van der Waals surface area (Å²) in [6.45, 7) is 2.92. The number of aryl methyl sites for hydroxylation is 2. The Morgan fingerprint density at radius 3 is 2.50 bits per heavy atom. The van der Waals surface area contributed by atoms with Crippen molar-refractivity contribution in [3.63, 3.8) is 0 Å². The number of ether oxygens (including phenoxy) is 1. The summed E-state index contributed by atoms with van der Waals surface area (Å²) in [5.41, 5.74) is 3.21. The van der Waals surface area contributed by atoms with Crippen LogP contribution in [0.15, 0.2) is 47.5 Å². The molecule has 0 fully saturated rings. The van der Waals surface area contributed by atoms with Gasteiger partial charge in [-0.2, -0.15) is 16.8 Å². The van der Waals surface area contributed by atoms with E-state index in [-0.39, 0.29) is 5.91 Å². The Morgan fingerprint density at radius 2 is 1.86 bits per heavy atom. The lowest BCUT2D eigenvalue weighted by molar-refractivity contribution is 0.0600. The molecular formula is C21H22N2O3S2. The SMILES string of the molecule is CCc1ccc2c(c1)sc(=NC(=O)c1ccc(C(=O)OC)cc1)n2CCSC. The number of benzene rings is 2. The molecule has 0 aliphatic heterocycles. The Balaban J connectivity index is 2.01. The molecule has 28 heavy (non-hydrogen) atoms. The maximum atomic E-state index is 12.7. The zero-order valence-electron chi connectivity index (χ0n) is 16.1. The number of rotatable bonds is 6. The number of carbonyl (C=O) groups excluding carboxylic acids is 2. The predicted octanol–water partition coefficient (Wildman–Crippen LogP) is 4.16. The number of thioether (sulfide) groups is 1. The van der Waals surface area contributed by atoms with Crippen LogP contribution >= 0.6 is 23.1 Å². The van der Waals surface area contributed by atoms with E-state index in [4.69, 9.17) is 0 Å². The number of carbonyl (C=O) groups is 2. The van der Waals surface area contributed by atoms with Gasteiger partial charge in [-0.05, 0) is 54.6 Å². The van der Waals surface area contributed by atoms with Crippen LogP contribution in [0.5, 0.6) is 0 Å². The minimum Gasteiger partial charge on any atom is -0.465 e. The third-order valence-corrected chi connectivity index (χ3v) is 6.06. The van der Waals surface area contributed by atoms with Crippen molar-refractivity contribution in [1.82, 2.24) is 4.57 Å². The van der Waals surface area contributed by atoms with Gasteiger partial charge in [0.25, 0.3) is 5.91 Å². The van der Waals surface area contributed by atoms with Gasteiger partial charge >= 0.3 is 5.97 Å². The molecule has 2 aromatic carbocycles. The summed E-state index contributed by atoms with van der Waals surface area (Å²) in [7, 11) is 1.33. The Labute approximate surface area is 172 Å². The van der Waals surface area contributed by atoms with Crippen LogP contribution in [-0.4, -0.2) is 35.6 Å². The van der Waals surface area contributed by atoms with E-state index in [1.807, 2.05) is 0 Å². The molecule has 0 spiro atoms. The molecule has 0 atom stereocenters. The molecule has 0 saturated carbocycles. The first kappa shape index (κ1) is 20.4. The van der Waals surface area contributed by atoms with E-state index in [2.05, 4.69) is 45.7 Å². The van der Waals surface area contributed by atoms with Crippen LogP contribution in [0.25, 0.3) is 10.2 Å². The van der Waals surface area contributed by atoms with Crippen molar-refractivity contribution >= 4 is 45.2 Å². The van der Waals surface area contributed by atoms with Gasteiger partial charge in [0.2, 0.25) is 0 Å². The lowest BCUT2D eigenvalue weighted by Crippen LogP contribution is -2.18. The lowest BCUT2D eigenvalue weighted by atomic mass is 10.1. The standard InChI is InChI=1S/C21H22N2O3S2/c1-4-14-5-10-17-18(13-14)28-21(23(17)11-12-27-3)22-19(24)15-6-8-16(9-7-15)20(25)26-2/h5-10,13H,4,11-12H2,1-3H3. The summed E-state index contributed by atoms with van der Waals surface area (Å²) >= 11 is 3.29. The second-order valence-corrected chi connectivity index (χ2v) is 8.17. The predicted molar refractivity (Wildman–Crippen MR) is 115 cm³/mol. The molecular weight excluding hydrogens is 392 g/mol. The van der Waals surface area contributed by atoms with Gasteiger partial charge in [-0.1, -0.05) is 24.3 Å².